The molecule has 1 aromatic carbocycles. The van der Waals surface area contributed by atoms with Gasteiger partial charge in [-0.25, -0.2) is 0 Å². The highest BCUT2D eigenvalue weighted by molar-refractivity contribution is 5.79. The highest BCUT2D eigenvalue weighted by atomic mass is 16.4. The lowest BCUT2D eigenvalue weighted by Crippen LogP contribution is -2.42. The van der Waals surface area contributed by atoms with Gasteiger partial charge >= 0.3 is 0 Å². The van der Waals surface area contributed by atoms with Crippen LogP contribution in [0.5, 0.6) is 0 Å². The standard InChI is InChI=1S/C23H31N3O2/c27-21(26-16-13-23(17-26)11-5-1-2-6-12-23)18-9-14-25(15-10-18)22-24-19-7-3-4-8-20(19)28-22/h3-4,7-8,18H,1-2,5-6,9-17H2. The van der Waals surface area contributed by atoms with E-state index >= 15 is 0 Å². The number of nitrogens with zero attached hydrogens (tertiary/aromatic N) is 3. The van der Waals surface area contributed by atoms with Crippen molar-refractivity contribution in [2.45, 2.75) is 57.8 Å². The van der Waals surface area contributed by atoms with Crippen LogP contribution < -0.4 is 4.90 Å². The Balaban J connectivity index is 1.19. The normalized spacial score (nSPS) is 23.4. The Morgan fingerprint density at radius 2 is 1.75 bits per heavy atom. The maximum absolute atomic E-state index is 13.2. The summed E-state index contributed by atoms with van der Waals surface area (Å²) >= 11 is 0. The molecule has 3 fully saturated rings. The Kier molecular flexibility index (Phi) is 4.77. The Hall–Kier alpha value is -2.04. The van der Waals surface area contributed by atoms with Crippen LogP contribution in [0.2, 0.25) is 0 Å². The summed E-state index contributed by atoms with van der Waals surface area (Å²) in [5.41, 5.74) is 2.17. The first-order valence-electron chi connectivity index (χ1n) is 11.1. The number of carbonyl (C=O) groups excluding carboxylic acids is 1. The summed E-state index contributed by atoms with van der Waals surface area (Å²) in [7, 11) is 0. The van der Waals surface area contributed by atoms with Crippen molar-refractivity contribution in [3.63, 3.8) is 0 Å². The summed E-state index contributed by atoms with van der Waals surface area (Å²) in [4.78, 5) is 22.2. The van der Waals surface area contributed by atoms with Crippen molar-refractivity contribution in [3.05, 3.63) is 24.3 Å². The SMILES string of the molecule is O=C(C1CCN(c2nc3ccccc3o2)CC1)N1CCC2(CCCCCC2)C1. The van der Waals surface area contributed by atoms with Crippen LogP contribution in [0.15, 0.2) is 28.7 Å². The minimum Gasteiger partial charge on any atom is -0.423 e. The van der Waals surface area contributed by atoms with Crippen LogP contribution >= 0.6 is 0 Å². The van der Waals surface area contributed by atoms with Crippen LogP contribution in [0, 0.1) is 11.3 Å². The third-order valence-corrected chi connectivity index (χ3v) is 7.31. The van der Waals surface area contributed by atoms with Crippen molar-refractivity contribution in [1.29, 1.82) is 0 Å². The molecule has 2 aromatic rings. The monoisotopic (exact) mass is 381 g/mol. The second kappa shape index (κ2) is 7.41. The number of piperidine rings is 1. The average Bonchev–Trinajstić information content (AvgIpc) is 3.27. The fraction of sp³-hybridized carbons (Fsp3) is 0.652. The molecule has 0 N–H and O–H groups in total. The molecule has 1 saturated carbocycles. The van der Waals surface area contributed by atoms with E-state index in [1.807, 2.05) is 24.3 Å². The van der Waals surface area contributed by atoms with Crippen molar-refractivity contribution < 1.29 is 9.21 Å². The summed E-state index contributed by atoms with van der Waals surface area (Å²) in [6, 6.07) is 8.59. The summed E-state index contributed by atoms with van der Waals surface area (Å²) in [5.74, 6) is 0.569. The van der Waals surface area contributed by atoms with Gasteiger partial charge in [0.2, 0.25) is 5.91 Å². The highest BCUT2D eigenvalue weighted by Crippen LogP contribution is 2.43. The number of fused-ring (bicyclic) bond motifs is 1. The van der Waals surface area contributed by atoms with Gasteiger partial charge in [0.05, 0.1) is 0 Å². The zero-order valence-electron chi connectivity index (χ0n) is 16.7. The molecular formula is C23H31N3O2. The Bertz CT molecular complexity index is 796. The summed E-state index contributed by atoms with van der Waals surface area (Å²) in [5, 5.41) is 0. The first-order chi connectivity index (χ1) is 13.7. The molecule has 150 valence electrons. The van der Waals surface area contributed by atoms with Crippen molar-refractivity contribution in [1.82, 2.24) is 9.88 Å². The maximum atomic E-state index is 13.2. The number of likely N-dealkylation sites (tertiary alicyclic amines) is 1. The third kappa shape index (κ3) is 3.40. The number of anilines is 1. The second-order valence-corrected chi connectivity index (χ2v) is 9.15. The maximum Gasteiger partial charge on any atom is 0.298 e. The Labute approximate surface area is 167 Å². The van der Waals surface area contributed by atoms with E-state index in [1.54, 1.807) is 0 Å². The van der Waals surface area contributed by atoms with Crippen LogP contribution in [0.1, 0.15) is 57.8 Å². The number of amides is 1. The molecule has 0 radical (unpaired) electrons. The lowest BCUT2D eigenvalue weighted by Gasteiger charge is -2.33. The molecule has 1 aromatic heterocycles. The first-order valence-corrected chi connectivity index (χ1v) is 11.1. The number of carbonyl (C=O) groups is 1. The van der Waals surface area contributed by atoms with Crippen LogP contribution in [-0.2, 0) is 4.79 Å². The quantitative estimate of drug-likeness (QED) is 0.762. The number of para-hydroxylation sites is 2. The molecule has 0 unspecified atom stereocenters. The molecule has 1 amide bonds. The molecule has 3 heterocycles. The lowest BCUT2D eigenvalue weighted by molar-refractivity contribution is -0.135. The van der Waals surface area contributed by atoms with E-state index in [9.17, 15) is 4.79 Å². The molecule has 28 heavy (non-hydrogen) atoms. The van der Waals surface area contributed by atoms with Crippen molar-refractivity contribution >= 4 is 23.0 Å². The molecule has 2 aliphatic heterocycles. The fourth-order valence-electron chi connectivity index (χ4n) is 5.58. The molecule has 0 bridgehead atoms. The summed E-state index contributed by atoms with van der Waals surface area (Å²) in [6.07, 6.45) is 11.1. The van der Waals surface area contributed by atoms with Gasteiger partial charge in [-0.2, -0.15) is 4.98 Å². The topological polar surface area (TPSA) is 49.6 Å². The molecular weight excluding hydrogens is 350 g/mol. The number of oxazole rings is 1. The van der Waals surface area contributed by atoms with Crippen molar-refractivity contribution in [2.24, 2.45) is 11.3 Å². The smallest absolute Gasteiger partial charge is 0.298 e. The van der Waals surface area contributed by atoms with E-state index in [0.717, 1.165) is 50.1 Å². The van der Waals surface area contributed by atoms with Crippen LogP contribution in [-0.4, -0.2) is 42.0 Å². The van der Waals surface area contributed by atoms with Gasteiger partial charge in [-0.3, -0.25) is 4.79 Å². The first kappa shape index (κ1) is 18.0. The number of benzene rings is 1. The second-order valence-electron chi connectivity index (χ2n) is 9.15. The van der Waals surface area contributed by atoms with E-state index in [4.69, 9.17) is 4.42 Å². The predicted octanol–water partition coefficient (Wildman–Crippen LogP) is 4.62. The minimum absolute atomic E-state index is 0.168. The number of hydrogen-bond acceptors (Lipinski definition) is 4. The van der Waals surface area contributed by atoms with Crippen LogP contribution in [0.4, 0.5) is 6.01 Å². The zero-order valence-corrected chi connectivity index (χ0v) is 16.7. The molecule has 5 rings (SSSR count). The van der Waals surface area contributed by atoms with Gasteiger partial charge in [-0.05, 0) is 49.7 Å². The van der Waals surface area contributed by atoms with E-state index in [2.05, 4.69) is 14.8 Å². The van der Waals surface area contributed by atoms with Gasteiger partial charge in [-0.15, -0.1) is 0 Å². The van der Waals surface area contributed by atoms with Crippen LogP contribution in [0.3, 0.4) is 0 Å². The number of aromatic nitrogens is 1. The lowest BCUT2D eigenvalue weighted by atomic mass is 9.80. The van der Waals surface area contributed by atoms with E-state index in [1.165, 1.54) is 44.9 Å². The molecule has 2 saturated heterocycles. The zero-order chi connectivity index (χ0) is 19.0. The van der Waals surface area contributed by atoms with Gasteiger partial charge in [0.1, 0.15) is 5.52 Å². The van der Waals surface area contributed by atoms with Gasteiger partial charge in [-0.1, -0.05) is 37.8 Å². The molecule has 1 spiro atoms. The van der Waals surface area contributed by atoms with Gasteiger partial charge in [0.25, 0.3) is 6.01 Å². The molecule has 0 atom stereocenters. The largest absolute Gasteiger partial charge is 0.423 e. The molecule has 5 nitrogen and oxygen atoms in total. The third-order valence-electron chi connectivity index (χ3n) is 7.31. The van der Waals surface area contributed by atoms with E-state index < -0.39 is 0 Å². The fourth-order valence-corrected chi connectivity index (χ4v) is 5.58. The molecule has 5 heteroatoms. The predicted molar refractivity (Wildman–Crippen MR) is 110 cm³/mol. The number of hydrogen-bond donors (Lipinski definition) is 0. The summed E-state index contributed by atoms with van der Waals surface area (Å²) < 4.78 is 5.91. The Morgan fingerprint density at radius 1 is 1.00 bits per heavy atom. The van der Waals surface area contributed by atoms with Crippen molar-refractivity contribution in [3.8, 4) is 0 Å². The van der Waals surface area contributed by atoms with E-state index in [-0.39, 0.29) is 5.92 Å². The highest BCUT2D eigenvalue weighted by Gasteiger charge is 2.41. The summed E-state index contributed by atoms with van der Waals surface area (Å²) in [6.45, 7) is 3.69. The number of rotatable bonds is 2. The van der Waals surface area contributed by atoms with Gasteiger partial charge in [0, 0.05) is 32.1 Å². The molecule has 3 aliphatic rings. The minimum atomic E-state index is 0.168. The van der Waals surface area contributed by atoms with E-state index in [0.29, 0.717) is 17.3 Å². The Morgan fingerprint density at radius 3 is 2.50 bits per heavy atom. The van der Waals surface area contributed by atoms with Crippen molar-refractivity contribution in [2.75, 3.05) is 31.1 Å². The molecule has 1 aliphatic carbocycles. The van der Waals surface area contributed by atoms with Gasteiger partial charge in [0.15, 0.2) is 5.58 Å². The van der Waals surface area contributed by atoms with Gasteiger partial charge < -0.3 is 14.2 Å². The average molecular weight is 382 g/mol. The van der Waals surface area contributed by atoms with Crippen LogP contribution in [0.25, 0.3) is 11.1 Å².